The lowest BCUT2D eigenvalue weighted by Crippen LogP contribution is -2.52. The van der Waals surface area contributed by atoms with Crippen molar-refractivity contribution in [1.82, 2.24) is 20.1 Å². The van der Waals surface area contributed by atoms with Gasteiger partial charge < -0.3 is 10.2 Å². The number of carbonyl (C=O) groups is 1. The van der Waals surface area contributed by atoms with Gasteiger partial charge in [-0.1, -0.05) is 0 Å². The van der Waals surface area contributed by atoms with E-state index in [4.69, 9.17) is 0 Å². The van der Waals surface area contributed by atoms with Gasteiger partial charge in [0.2, 0.25) is 0 Å². The van der Waals surface area contributed by atoms with Crippen LogP contribution >= 0.6 is 11.3 Å². The summed E-state index contributed by atoms with van der Waals surface area (Å²) in [5, 5.41) is 6.22. The number of carbonyl (C=O) groups excluding carboxylic acids is 1. The second-order valence-corrected chi connectivity index (χ2v) is 7.39. The molecule has 0 saturated carbocycles. The number of hydrogen-bond donors (Lipinski definition) is 1. The molecule has 3 heterocycles. The Bertz CT molecular complexity index is 498. The third-order valence-corrected chi connectivity index (χ3v) is 5.49. The molecule has 1 aromatic rings. The maximum atomic E-state index is 12.3. The van der Waals surface area contributed by atoms with Crippen LogP contribution in [0, 0.1) is 6.92 Å². The number of hydrogen-bond acceptors (Lipinski definition) is 4. The zero-order valence-electron chi connectivity index (χ0n) is 13.4. The number of piperidine rings is 1. The maximum Gasteiger partial charge on any atom is 0.317 e. The average molecular weight is 322 g/mol. The molecule has 0 unspecified atom stereocenters. The minimum atomic E-state index is 0.0934. The van der Waals surface area contributed by atoms with E-state index in [9.17, 15) is 4.79 Å². The third kappa shape index (κ3) is 3.98. The molecule has 2 aliphatic rings. The minimum Gasteiger partial charge on any atom is -0.338 e. The summed E-state index contributed by atoms with van der Waals surface area (Å²) in [5.74, 6) is 0. The van der Waals surface area contributed by atoms with Gasteiger partial charge in [0, 0.05) is 37.5 Å². The van der Waals surface area contributed by atoms with E-state index in [1.165, 1.54) is 32.4 Å². The molecule has 0 bridgehead atoms. The minimum absolute atomic E-state index is 0.0934. The summed E-state index contributed by atoms with van der Waals surface area (Å²) in [6.45, 7) is 6.89. The third-order valence-electron chi connectivity index (χ3n) is 4.66. The maximum absolute atomic E-state index is 12.3. The molecule has 0 aliphatic carbocycles. The second-order valence-electron chi connectivity index (χ2n) is 6.32. The first-order chi connectivity index (χ1) is 10.7. The number of urea groups is 1. The molecule has 3 rings (SSSR count). The lowest BCUT2D eigenvalue weighted by Gasteiger charge is -2.37. The molecule has 6 heteroatoms. The van der Waals surface area contributed by atoms with Gasteiger partial charge in [0.15, 0.2) is 0 Å². The number of likely N-dealkylation sites (tertiary alicyclic amines) is 2. The monoisotopic (exact) mass is 322 g/mol. The summed E-state index contributed by atoms with van der Waals surface area (Å²) >= 11 is 1.67. The highest BCUT2D eigenvalue weighted by Gasteiger charge is 2.29. The van der Waals surface area contributed by atoms with Crippen LogP contribution in [0.4, 0.5) is 4.79 Å². The Balaban J connectivity index is 1.43. The van der Waals surface area contributed by atoms with E-state index in [-0.39, 0.29) is 6.03 Å². The normalized spacial score (nSPS) is 23.0. The van der Waals surface area contributed by atoms with E-state index < -0.39 is 0 Å². The summed E-state index contributed by atoms with van der Waals surface area (Å²) in [7, 11) is 0. The molecular formula is C16H26N4OS. The van der Waals surface area contributed by atoms with Gasteiger partial charge >= 0.3 is 6.03 Å². The molecule has 2 amide bonds. The van der Waals surface area contributed by atoms with Crippen LogP contribution in [0.25, 0.3) is 0 Å². The molecule has 0 spiro atoms. The highest BCUT2D eigenvalue weighted by atomic mass is 32.1. The molecule has 1 aromatic heterocycles. The Morgan fingerprint density at radius 1 is 1.36 bits per heavy atom. The molecular weight excluding hydrogens is 296 g/mol. The fourth-order valence-electron chi connectivity index (χ4n) is 3.48. The van der Waals surface area contributed by atoms with Gasteiger partial charge in [-0.3, -0.25) is 4.90 Å². The van der Waals surface area contributed by atoms with Crippen molar-refractivity contribution < 1.29 is 4.79 Å². The van der Waals surface area contributed by atoms with Gasteiger partial charge in [0.1, 0.15) is 0 Å². The smallest absolute Gasteiger partial charge is 0.317 e. The highest BCUT2D eigenvalue weighted by molar-refractivity contribution is 7.09. The van der Waals surface area contributed by atoms with E-state index in [0.29, 0.717) is 12.6 Å². The molecule has 1 N–H and O–H groups in total. The first-order valence-corrected chi connectivity index (χ1v) is 9.28. The zero-order chi connectivity index (χ0) is 15.4. The van der Waals surface area contributed by atoms with E-state index in [2.05, 4.69) is 20.6 Å². The van der Waals surface area contributed by atoms with Crippen LogP contribution < -0.4 is 5.32 Å². The average Bonchev–Trinajstić information content (AvgIpc) is 3.19. The second kappa shape index (κ2) is 7.42. The SMILES string of the molecule is Cc1nc(CCNC(=O)N2CCC[C@H](N3CCCC3)C2)cs1. The van der Waals surface area contributed by atoms with Crippen LogP contribution in [0.15, 0.2) is 5.38 Å². The van der Waals surface area contributed by atoms with E-state index in [1.807, 2.05) is 11.8 Å². The summed E-state index contributed by atoms with van der Waals surface area (Å²) in [5.41, 5.74) is 1.08. The quantitative estimate of drug-likeness (QED) is 0.925. The molecule has 122 valence electrons. The van der Waals surface area contributed by atoms with Crippen LogP contribution in [0.1, 0.15) is 36.4 Å². The predicted molar refractivity (Wildman–Crippen MR) is 89.4 cm³/mol. The Labute approximate surface area is 136 Å². The lowest BCUT2D eigenvalue weighted by molar-refractivity contribution is 0.125. The number of nitrogens with one attached hydrogen (secondary N) is 1. The first-order valence-electron chi connectivity index (χ1n) is 8.40. The van der Waals surface area contributed by atoms with Gasteiger partial charge in [-0.25, -0.2) is 9.78 Å². The Kier molecular flexibility index (Phi) is 5.31. The summed E-state index contributed by atoms with van der Waals surface area (Å²) in [6, 6.07) is 0.666. The van der Waals surface area contributed by atoms with Crippen molar-refractivity contribution in [2.75, 3.05) is 32.7 Å². The fraction of sp³-hybridized carbons (Fsp3) is 0.750. The number of thiazole rings is 1. The molecule has 1 atom stereocenters. The van der Waals surface area contributed by atoms with Crippen molar-refractivity contribution in [3.05, 3.63) is 16.1 Å². The van der Waals surface area contributed by atoms with Crippen molar-refractivity contribution in [3.8, 4) is 0 Å². The molecule has 2 aliphatic heterocycles. The van der Waals surface area contributed by atoms with Crippen molar-refractivity contribution in [2.45, 2.75) is 45.1 Å². The molecule has 5 nitrogen and oxygen atoms in total. The Morgan fingerprint density at radius 3 is 2.91 bits per heavy atom. The van der Waals surface area contributed by atoms with Gasteiger partial charge in [0.05, 0.1) is 10.7 Å². The van der Waals surface area contributed by atoms with E-state index in [1.54, 1.807) is 11.3 Å². The highest BCUT2D eigenvalue weighted by Crippen LogP contribution is 2.20. The van der Waals surface area contributed by atoms with Gasteiger partial charge in [0.25, 0.3) is 0 Å². The van der Waals surface area contributed by atoms with E-state index >= 15 is 0 Å². The van der Waals surface area contributed by atoms with Crippen LogP contribution in [-0.4, -0.2) is 59.6 Å². The Hall–Kier alpha value is -1.14. The first kappa shape index (κ1) is 15.7. The Morgan fingerprint density at radius 2 is 2.18 bits per heavy atom. The van der Waals surface area contributed by atoms with Gasteiger partial charge in [-0.15, -0.1) is 11.3 Å². The topological polar surface area (TPSA) is 48.5 Å². The van der Waals surface area contributed by atoms with E-state index in [0.717, 1.165) is 36.6 Å². The molecule has 2 saturated heterocycles. The number of nitrogens with zero attached hydrogens (tertiary/aromatic N) is 3. The fourth-order valence-corrected chi connectivity index (χ4v) is 4.12. The summed E-state index contributed by atoms with van der Waals surface area (Å²) < 4.78 is 0. The number of aryl methyl sites for hydroxylation is 1. The number of rotatable bonds is 4. The largest absolute Gasteiger partial charge is 0.338 e. The van der Waals surface area contributed by atoms with Crippen molar-refractivity contribution in [1.29, 1.82) is 0 Å². The van der Waals surface area contributed by atoms with Crippen LogP contribution in [0.3, 0.4) is 0 Å². The van der Waals surface area contributed by atoms with Crippen LogP contribution in [0.5, 0.6) is 0 Å². The number of aromatic nitrogens is 1. The predicted octanol–water partition coefficient (Wildman–Crippen LogP) is 2.26. The van der Waals surface area contributed by atoms with Crippen molar-refractivity contribution >= 4 is 17.4 Å². The lowest BCUT2D eigenvalue weighted by atomic mass is 10.0. The number of amides is 2. The molecule has 22 heavy (non-hydrogen) atoms. The van der Waals surface area contributed by atoms with Gasteiger partial charge in [-0.05, 0) is 45.7 Å². The zero-order valence-corrected chi connectivity index (χ0v) is 14.2. The standard InChI is InChI=1S/C16H26N4OS/c1-13-18-14(12-22-13)6-7-17-16(21)20-10-4-5-15(11-20)19-8-2-3-9-19/h12,15H,2-11H2,1H3,(H,17,21)/t15-/m0/s1. The van der Waals surface area contributed by atoms with Crippen LogP contribution in [0.2, 0.25) is 0 Å². The van der Waals surface area contributed by atoms with Gasteiger partial charge in [-0.2, -0.15) is 0 Å². The van der Waals surface area contributed by atoms with Crippen LogP contribution in [-0.2, 0) is 6.42 Å². The van der Waals surface area contributed by atoms with Crippen molar-refractivity contribution in [3.63, 3.8) is 0 Å². The molecule has 2 fully saturated rings. The molecule has 0 radical (unpaired) electrons. The molecule has 0 aromatic carbocycles. The summed E-state index contributed by atoms with van der Waals surface area (Å²) in [6.07, 6.45) is 5.81. The summed E-state index contributed by atoms with van der Waals surface area (Å²) in [4.78, 5) is 21.3. The van der Waals surface area contributed by atoms with Crippen molar-refractivity contribution in [2.24, 2.45) is 0 Å².